The molecule has 0 bridgehead atoms. The predicted octanol–water partition coefficient (Wildman–Crippen LogP) is 4.12. The molecule has 0 amide bonds. The first-order chi connectivity index (χ1) is 16.9. The molecule has 5 fully saturated rings. The van der Waals surface area contributed by atoms with Crippen LogP contribution in [0.3, 0.4) is 0 Å². The van der Waals surface area contributed by atoms with Crippen LogP contribution in [-0.2, 0) is 19.1 Å². The number of fused-ring (bicyclic) bond motifs is 5. The number of nitrogens with zero attached hydrogens (tertiary/aromatic N) is 1. The van der Waals surface area contributed by atoms with Gasteiger partial charge in [-0.3, -0.25) is 19.3 Å². The largest absolute Gasteiger partial charge is 0.391 e. The van der Waals surface area contributed by atoms with Crippen LogP contribution in [0.15, 0.2) is 0 Å². The quantitative estimate of drug-likeness (QED) is 0.598. The van der Waals surface area contributed by atoms with Crippen molar-refractivity contribution in [2.75, 3.05) is 25.4 Å². The van der Waals surface area contributed by atoms with Crippen LogP contribution in [0.1, 0.15) is 79.6 Å². The summed E-state index contributed by atoms with van der Waals surface area (Å²) in [6, 6.07) is 0.0656. The Bertz CT molecular complexity index is 921. The maximum atomic E-state index is 14.1. The molecule has 36 heavy (non-hydrogen) atoms. The Balaban J connectivity index is 1.38. The first-order valence-electron chi connectivity index (χ1n) is 14.1. The number of aliphatic hydroxyl groups is 1. The maximum absolute atomic E-state index is 14.1. The molecule has 0 radical (unpaired) electrons. The molecular weight excluding hydrogens is 474 g/mol. The van der Waals surface area contributed by atoms with E-state index in [2.05, 4.69) is 32.6 Å². The highest BCUT2D eigenvalue weighted by Gasteiger charge is 2.65. The molecule has 9 atom stereocenters. The van der Waals surface area contributed by atoms with E-state index in [4.69, 9.17) is 4.74 Å². The van der Waals surface area contributed by atoms with Gasteiger partial charge in [0.2, 0.25) is 0 Å². The number of morpholine rings is 1. The van der Waals surface area contributed by atoms with Crippen molar-refractivity contribution in [1.29, 1.82) is 0 Å². The van der Waals surface area contributed by atoms with E-state index in [9.17, 15) is 19.5 Å². The van der Waals surface area contributed by atoms with E-state index in [1.165, 1.54) is 6.92 Å². The molecule has 0 unspecified atom stereocenters. The molecule has 1 aliphatic heterocycles. The predicted molar refractivity (Wildman–Crippen MR) is 141 cm³/mol. The van der Waals surface area contributed by atoms with E-state index in [-0.39, 0.29) is 57.1 Å². The van der Waals surface area contributed by atoms with Crippen LogP contribution in [0, 0.1) is 40.4 Å². The monoisotopic (exact) mass is 519 g/mol. The van der Waals surface area contributed by atoms with Crippen LogP contribution in [0.25, 0.3) is 0 Å². The second-order valence-corrected chi connectivity index (χ2v) is 14.9. The number of rotatable bonds is 4. The number of carbonyl (C=O) groups excluding carboxylic acids is 3. The van der Waals surface area contributed by atoms with Gasteiger partial charge in [0, 0.05) is 44.3 Å². The van der Waals surface area contributed by atoms with Gasteiger partial charge in [0.25, 0.3) is 0 Å². The third-order valence-electron chi connectivity index (χ3n) is 11.1. The molecule has 5 aliphatic rings. The Kier molecular flexibility index (Phi) is 7.05. The number of ketones is 2. The fourth-order valence-electron chi connectivity index (χ4n) is 9.61. The van der Waals surface area contributed by atoms with Crippen molar-refractivity contribution in [2.45, 2.75) is 97.3 Å². The van der Waals surface area contributed by atoms with Gasteiger partial charge >= 0.3 is 0 Å². The van der Waals surface area contributed by atoms with Crippen LogP contribution >= 0.6 is 11.8 Å². The maximum Gasteiger partial charge on any atom is 0.186 e. The van der Waals surface area contributed by atoms with Crippen molar-refractivity contribution in [3.63, 3.8) is 0 Å². The second-order valence-electron chi connectivity index (χ2n) is 13.7. The zero-order chi connectivity index (χ0) is 26.0. The second kappa shape index (κ2) is 9.46. The molecule has 0 spiro atoms. The lowest BCUT2D eigenvalue weighted by molar-refractivity contribution is -0.177. The first-order valence-corrected chi connectivity index (χ1v) is 15.1. The summed E-state index contributed by atoms with van der Waals surface area (Å²) in [5.41, 5.74) is -0.614. The topological polar surface area (TPSA) is 83.9 Å². The average Bonchev–Trinajstić information content (AvgIpc) is 3.13. The summed E-state index contributed by atoms with van der Waals surface area (Å²) in [7, 11) is 0. The van der Waals surface area contributed by atoms with Gasteiger partial charge in [0.05, 0.1) is 24.1 Å². The summed E-state index contributed by atoms with van der Waals surface area (Å²) >= 11 is 1.11. The van der Waals surface area contributed by atoms with Gasteiger partial charge in [-0.05, 0) is 81.0 Å². The Morgan fingerprint density at radius 3 is 2.56 bits per heavy atom. The lowest BCUT2D eigenvalue weighted by Crippen LogP contribution is -2.64. The molecule has 1 heterocycles. The minimum Gasteiger partial charge on any atom is -0.391 e. The Labute approximate surface area is 220 Å². The van der Waals surface area contributed by atoms with Crippen LogP contribution in [0.2, 0.25) is 0 Å². The molecule has 6 nitrogen and oxygen atoms in total. The minimum absolute atomic E-state index is 0.0215. The third kappa shape index (κ3) is 4.44. The lowest BCUT2D eigenvalue weighted by Gasteiger charge is -2.62. The van der Waals surface area contributed by atoms with Gasteiger partial charge in [-0.25, -0.2) is 0 Å². The fraction of sp³-hybridized carbons (Fsp3) is 0.897. The van der Waals surface area contributed by atoms with Crippen LogP contribution < -0.4 is 0 Å². The molecule has 4 aliphatic carbocycles. The molecule has 0 aromatic carbocycles. The van der Waals surface area contributed by atoms with Gasteiger partial charge in [-0.2, -0.15) is 0 Å². The molecule has 4 saturated carbocycles. The normalized spacial score (nSPS) is 46.5. The summed E-state index contributed by atoms with van der Waals surface area (Å²) < 4.78 is 5.95. The number of ether oxygens (including phenoxy) is 1. The summed E-state index contributed by atoms with van der Waals surface area (Å²) in [6.45, 7) is 12.6. The number of carbonyl (C=O) groups is 3. The smallest absolute Gasteiger partial charge is 0.186 e. The number of thioether (sulfide) groups is 1. The number of Topliss-reactive ketones (excluding diaryl/α,β-unsaturated/α-hetero) is 2. The lowest BCUT2D eigenvalue weighted by atomic mass is 9.43. The van der Waals surface area contributed by atoms with Gasteiger partial charge in [-0.15, -0.1) is 0 Å². The van der Waals surface area contributed by atoms with Gasteiger partial charge in [0.1, 0.15) is 11.6 Å². The number of hydrogen-bond acceptors (Lipinski definition) is 7. The van der Waals surface area contributed by atoms with Crippen molar-refractivity contribution in [3.05, 3.63) is 0 Å². The van der Waals surface area contributed by atoms with Crippen molar-refractivity contribution in [3.8, 4) is 0 Å². The fourth-order valence-corrected chi connectivity index (χ4v) is 10.2. The Morgan fingerprint density at radius 1 is 1.11 bits per heavy atom. The molecule has 0 aromatic heterocycles. The zero-order valence-electron chi connectivity index (χ0n) is 22.8. The first kappa shape index (κ1) is 26.8. The molecule has 0 aromatic rings. The standard InChI is InChI=1S/C29H45NO5S/c1-17(31)36-15-25(34)21-9-8-20-19-7-6-18-12-23(32)22(30-10-11-35-27(2,3)16-30)13-28(18,4)26(19)24(33)14-29(20,21)5/h18-23,26,32H,6-16H2,1-5H3/t18-,19-,20-,21+,22-,23-,26+,28-,29-/m0/s1. The summed E-state index contributed by atoms with van der Waals surface area (Å²) in [5.74, 6) is 1.75. The van der Waals surface area contributed by atoms with Crippen molar-refractivity contribution < 1.29 is 24.2 Å². The van der Waals surface area contributed by atoms with Gasteiger partial charge in [0.15, 0.2) is 5.12 Å². The molecule has 5 rings (SSSR count). The SMILES string of the molecule is CC(=O)SCC(=O)[C@H]1CC[C@H]2[C@@H]3CC[C@H]4C[C@H](O)[C@@H](N5CCOC(C)(C)C5)C[C@]4(C)[C@H]3C(=O)C[C@]12C. The molecule has 7 heteroatoms. The summed E-state index contributed by atoms with van der Waals surface area (Å²) in [4.78, 5) is 41.1. The van der Waals surface area contributed by atoms with Crippen molar-refractivity contribution in [1.82, 2.24) is 4.90 Å². The van der Waals surface area contributed by atoms with Gasteiger partial charge in [-0.1, -0.05) is 25.6 Å². The van der Waals surface area contributed by atoms with E-state index < -0.39 is 0 Å². The van der Waals surface area contributed by atoms with Crippen LogP contribution in [-0.4, -0.2) is 69.9 Å². The molecule has 202 valence electrons. The van der Waals surface area contributed by atoms with Crippen LogP contribution in [0.4, 0.5) is 0 Å². The zero-order valence-corrected chi connectivity index (χ0v) is 23.6. The highest BCUT2D eigenvalue weighted by molar-refractivity contribution is 8.14. The van der Waals surface area contributed by atoms with Crippen LogP contribution in [0.5, 0.6) is 0 Å². The van der Waals surface area contributed by atoms with E-state index in [0.29, 0.717) is 36.6 Å². The van der Waals surface area contributed by atoms with E-state index in [1.807, 2.05) is 0 Å². The van der Waals surface area contributed by atoms with E-state index in [0.717, 1.165) is 63.4 Å². The Hall–Kier alpha value is -0.760. The number of aliphatic hydroxyl groups excluding tert-OH is 1. The van der Waals surface area contributed by atoms with Crippen molar-refractivity contribution >= 4 is 28.4 Å². The molecule has 1 saturated heterocycles. The number of hydrogen-bond donors (Lipinski definition) is 1. The van der Waals surface area contributed by atoms with E-state index >= 15 is 0 Å². The van der Waals surface area contributed by atoms with Crippen molar-refractivity contribution in [2.24, 2.45) is 40.4 Å². The minimum atomic E-state index is -0.357. The molecule has 1 N–H and O–H groups in total. The Morgan fingerprint density at radius 2 is 1.86 bits per heavy atom. The molecular formula is C29H45NO5S. The third-order valence-corrected chi connectivity index (χ3v) is 11.9. The summed E-state index contributed by atoms with van der Waals surface area (Å²) in [5, 5.41) is 11.2. The highest BCUT2D eigenvalue weighted by Crippen LogP contribution is 2.66. The van der Waals surface area contributed by atoms with Gasteiger partial charge < -0.3 is 9.84 Å². The van der Waals surface area contributed by atoms with E-state index in [1.54, 1.807) is 0 Å². The summed E-state index contributed by atoms with van der Waals surface area (Å²) in [6.07, 6.45) is 5.72. The average molecular weight is 520 g/mol. The highest BCUT2D eigenvalue weighted by atomic mass is 32.2.